The number of carbonyl (C=O) groups excluding carboxylic acids is 1. The van der Waals surface area contributed by atoms with Crippen molar-refractivity contribution in [1.29, 1.82) is 0 Å². The first-order valence-corrected chi connectivity index (χ1v) is 10.4. The topological polar surface area (TPSA) is 128 Å². The van der Waals surface area contributed by atoms with Gasteiger partial charge in [-0.3, -0.25) is 14.6 Å². The number of rotatable bonds is 5. The summed E-state index contributed by atoms with van der Waals surface area (Å²) in [4.78, 5) is 35.7. The van der Waals surface area contributed by atoms with Crippen molar-refractivity contribution in [2.45, 2.75) is 38.3 Å². The lowest BCUT2D eigenvalue weighted by molar-refractivity contribution is -0.142. The van der Waals surface area contributed by atoms with Gasteiger partial charge < -0.3 is 20.3 Å². The zero-order valence-electron chi connectivity index (χ0n) is 18.0. The van der Waals surface area contributed by atoms with Crippen molar-refractivity contribution in [2.75, 3.05) is 29.3 Å². The summed E-state index contributed by atoms with van der Waals surface area (Å²) >= 11 is 0. The Morgan fingerprint density at radius 2 is 1.94 bits per heavy atom. The maximum atomic E-state index is 15.1. The number of halogens is 2. The van der Waals surface area contributed by atoms with E-state index < -0.39 is 52.8 Å². The number of nitrogens with one attached hydrogen (secondary N) is 1. The number of aromatic nitrogens is 2. The number of nitrogens with zero attached hydrogens (tertiary/aromatic N) is 4. The Kier molecular flexibility index (Phi) is 5.91. The highest BCUT2D eigenvalue weighted by Gasteiger charge is 2.42. The fraction of sp³-hybridized carbons (Fsp3) is 0.429. The van der Waals surface area contributed by atoms with E-state index in [9.17, 15) is 24.2 Å². The van der Waals surface area contributed by atoms with Gasteiger partial charge in [-0.1, -0.05) is 0 Å². The minimum atomic E-state index is -1.30. The van der Waals surface area contributed by atoms with Crippen molar-refractivity contribution >= 4 is 29.5 Å². The van der Waals surface area contributed by atoms with Gasteiger partial charge in [0.15, 0.2) is 23.1 Å². The SMILES string of the molecule is CNc1ncc2c(n1)N(C1CCC(C(=O)O)CC1)C(=O)N(c1c(F)c(O)cc(OC)c1F)C2. The fourth-order valence-electron chi connectivity index (χ4n) is 4.35. The van der Waals surface area contributed by atoms with Crippen LogP contribution >= 0.6 is 0 Å². The van der Waals surface area contributed by atoms with E-state index >= 15 is 4.39 Å². The molecule has 1 aliphatic heterocycles. The van der Waals surface area contributed by atoms with Gasteiger partial charge in [0.1, 0.15) is 11.5 Å². The van der Waals surface area contributed by atoms with Crippen LogP contribution in [0.2, 0.25) is 0 Å². The van der Waals surface area contributed by atoms with Gasteiger partial charge in [-0.15, -0.1) is 0 Å². The highest BCUT2D eigenvalue weighted by atomic mass is 19.1. The predicted octanol–water partition coefficient (Wildman–Crippen LogP) is 3.10. The van der Waals surface area contributed by atoms with Crippen LogP contribution in [0, 0.1) is 17.6 Å². The van der Waals surface area contributed by atoms with Crippen molar-refractivity contribution in [2.24, 2.45) is 5.92 Å². The second-order valence-electron chi connectivity index (χ2n) is 7.95. The van der Waals surface area contributed by atoms with Crippen molar-refractivity contribution in [3.8, 4) is 11.5 Å². The maximum Gasteiger partial charge on any atom is 0.330 e. The van der Waals surface area contributed by atoms with E-state index in [1.165, 1.54) is 11.1 Å². The van der Waals surface area contributed by atoms with Gasteiger partial charge >= 0.3 is 12.0 Å². The molecule has 2 amide bonds. The number of carboxylic acid groups (broad SMARTS) is 1. The molecule has 10 nitrogen and oxygen atoms in total. The van der Waals surface area contributed by atoms with Crippen molar-refractivity contribution in [3.05, 3.63) is 29.5 Å². The normalized spacial score (nSPS) is 20.4. The van der Waals surface area contributed by atoms with E-state index in [0.717, 1.165) is 18.1 Å². The van der Waals surface area contributed by atoms with E-state index in [0.29, 0.717) is 37.1 Å². The zero-order chi connectivity index (χ0) is 23.9. The molecule has 1 saturated carbocycles. The van der Waals surface area contributed by atoms with Gasteiger partial charge in [0, 0.05) is 30.9 Å². The first-order valence-electron chi connectivity index (χ1n) is 10.4. The second-order valence-corrected chi connectivity index (χ2v) is 7.95. The number of ether oxygens (including phenoxy) is 1. The summed E-state index contributed by atoms with van der Waals surface area (Å²) < 4.78 is 34.8. The average molecular weight is 463 g/mol. The molecule has 0 atom stereocenters. The largest absolute Gasteiger partial charge is 0.505 e. The van der Waals surface area contributed by atoms with Gasteiger partial charge in [0.05, 0.1) is 19.6 Å². The first kappa shape index (κ1) is 22.5. The smallest absolute Gasteiger partial charge is 0.330 e. The summed E-state index contributed by atoms with van der Waals surface area (Å²) in [6, 6.07) is -0.379. The summed E-state index contributed by atoms with van der Waals surface area (Å²) in [6.07, 6.45) is 2.92. The molecule has 2 aliphatic rings. The molecule has 33 heavy (non-hydrogen) atoms. The molecular weight excluding hydrogens is 440 g/mol. The number of carboxylic acids is 1. The van der Waals surface area contributed by atoms with E-state index in [1.807, 2.05) is 0 Å². The number of hydrogen-bond donors (Lipinski definition) is 3. The van der Waals surface area contributed by atoms with Gasteiger partial charge in [-0.05, 0) is 25.7 Å². The minimum absolute atomic E-state index is 0.237. The van der Waals surface area contributed by atoms with Crippen molar-refractivity contribution in [1.82, 2.24) is 9.97 Å². The average Bonchev–Trinajstić information content (AvgIpc) is 2.81. The summed E-state index contributed by atoms with van der Waals surface area (Å²) in [5.41, 5.74) is -0.306. The number of aromatic hydroxyl groups is 1. The molecule has 1 aromatic heterocycles. The molecule has 4 rings (SSSR count). The van der Waals surface area contributed by atoms with Crippen molar-refractivity contribution < 1.29 is 33.3 Å². The monoisotopic (exact) mass is 463 g/mol. The number of carbonyl (C=O) groups is 2. The molecule has 1 fully saturated rings. The third-order valence-corrected chi connectivity index (χ3v) is 6.08. The number of phenolic OH excluding ortho intramolecular Hbond substituents is 1. The van der Waals surface area contributed by atoms with Crippen LogP contribution in [0.5, 0.6) is 11.5 Å². The molecule has 3 N–H and O–H groups in total. The molecule has 2 heterocycles. The molecule has 0 bridgehead atoms. The molecule has 0 spiro atoms. The Hall–Kier alpha value is -3.70. The fourth-order valence-corrected chi connectivity index (χ4v) is 4.35. The number of aliphatic carboxylic acids is 1. The lowest BCUT2D eigenvalue weighted by Crippen LogP contribution is -2.54. The Morgan fingerprint density at radius 3 is 2.55 bits per heavy atom. The number of anilines is 3. The molecular formula is C21H23F2N5O5. The number of amides is 2. The number of benzene rings is 1. The predicted molar refractivity (Wildman–Crippen MR) is 114 cm³/mol. The molecule has 2 aromatic rings. The third-order valence-electron chi connectivity index (χ3n) is 6.08. The highest BCUT2D eigenvalue weighted by Crippen LogP contribution is 2.42. The lowest BCUT2D eigenvalue weighted by atomic mass is 9.85. The Morgan fingerprint density at radius 1 is 1.24 bits per heavy atom. The quantitative estimate of drug-likeness (QED) is 0.617. The second kappa shape index (κ2) is 8.68. The van der Waals surface area contributed by atoms with E-state index in [4.69, 9.17) is 4.74 Å². The number of phenols is 1. The van der Waals surface area contributed by atoms with Gasteiger partial charge in [0.25, 0.3) is 0 Å². The molecule has 176 valence electrons. The van der Waals surface area contributed by atoms with Crippen LogP contribution in [-0.4, -0.2) is 52.4 Å². The standard InChI is InChI=1S/C21H23F2N5O5/c1-24-20-25-8-11-9-27(17-15(22)13(29)7-14(33-2)16(17)23)21(32)28(18(11)26-20)12-5-3-10(4-6-12)19(30)31/h7-8,10,12,29H,3-6,9H2,1-2H3,(H,30,31)(H,24,25,26). The molecule has 0 radical (unpaired) electrons. The summed E-state index contributed by atoms with van der Waals surface area (Å²) in [5, 5.41) is 22.1. The summed E-state index contributed by atoms with van der Waals surface area (Å²) in [5.74, 6) is -4.57. The third kappa shape index (κ3) is 3.85. The van der Waals surface area contributed by atoms with Crippen LogP contribution in [0.3, 0.4) is 0 Å². The summed E-state index contributed by atoms with van der Waals surface area (Å²) in [6.45, 7) is -0.237. The maximum absolute atomic E-state index is 15.1. The number of hydrogen-bond acceptors (Lipinski definition) is 7. The minimum Gasteiger partial charge on any atom is -0.505 e. The van der Waals surface area contributed by atoms with E-state index in [2.05, 4.69) is 15.3 Å². The van der Waals surface area contributed by atoms with E-state index in [-0.39, 0.29) is 12.5 Å². The zero-order valence-corrected chi connectivity index (χ0v) is 18.0. The van der Waals surface area contributed by atoms with Crippen LogP contribution in [0.4, 0.5) is 31.0 Å². The molecule has 1 aromatic carbocycles. The molecule has 0 unspecified atom stereocenters. The Labute approximate surface area is 187 Å². The molecule has 1 aliphatic carbocycles. The van der Waals surface area contributed by atoms with Crippen LogP contribution in [0.1, 0.15) is 31.2 Å². The molecule has 12 heteroatoms. The van der Waals surface area contributed by atoms with Crippen LogP contribution < -0.4 is 19.9 Å². The van der Waals surface area contributed by atoms with Gasteiger partial charge in [0.2, 0.25) is 5.95 Å². The van der Waals surface area contributed by atoms with Crippen molar-refractivity contribution in [3.63, 3.8) is 0 Å². The Balaban J connectivity index is 1.80. The summed E-state index contributed by atoms with van der Waals surface area (Å²) in [7, 11) is 2.78. The van der Waals surface area contributed by atoms with Gasteiger partial charge in [-0.25, -0.2) is 18.6 Å². The van der Waals surface area contributed by atoms with Gasteiger partial charge in [-0.2, -0.15) is 4.98 Å². The highest BCUT2D eigenvalue weighted by molar-refractivity contribution is 6.06. The first-order chi connectivity index (χ1) is 15.8. The lowest BCUT2D eigenvalue weighted by Gasteiger charge is -2.42. The Bertz CT molecular complexity index is 1110. The number of urea groups is 1. The van der Waals surface area contributed by atoms with E-state index in [1.54, 1.807) is 7.05 Å². The number of fused-ring (bicyclic) bond motifs is 1. The molecule has 0 saturated heterocycles. The number of methoxy groups -OCH3 is 1. The van der Waals surface area contributed by atoms with Crippen LogP contribution in [-0.2, 0) is 11.3 Å². The van der Waals surface area contributed by atoms with Crippen LogP contribution in [0.15, 0.2) is 12.3 Å². The van der Waals surface area contributed by atoms with Crippen LogP contribution in [0.25, 0.3) is 0 Å².